The Hall–Kier alpha value is -1.05. The number of alkyl halides is 3. The zero-order valence-corrected chi connectivity index (χ0v) is 8.42. The summed E-state index contributed by atoms with van der Waals surface area (Å²) >= 11 is 2.67. The second-order valence-corrected chi connectivity index (χ2v) is 3.30. The van der Waals surface area contributed by atoms with Gasteiger partial charge in [-0.1, -0.05) is 0 Å². The van der Waals surface area contributed by atoms with Crippen molar-refractivity contribution in [3.05, 3.63) is 22.2 Å². The van der Waals surface area contributed by atoms with Crippen LogP contribution < -0.4 is 10.5 Å². The third-order valence-electron chi connectivity index (χ3n) is 1.38. The van der Waals surface area contributed by atoms with E-state index in [9.17, 15) is 22.0 Å². The van der Waals surface area contributed by atoms with E-state index < -0.39 is 29.4 Å². The van der Waals surface area contributed by atoms with Gasteiger partial charge in [0.05, 0.1) is 5.69 Å². The first-order chi connectivity index (χ1) is 6.72. The Bertz CT molecular complexity index is 392. The Kier molecular flexibility index (Phi) is 3.08. The van der Waals surface area contributed by atoms with E-state index in [0.717, 1.165) is 0 Å². The summed E-state index contributed by atoms with van der Waals surface area (Å²) in [5.74, 6) is -4.66. The maximum atomic E-state index is 13.0. The van der Waals surface area contributed by atoms with Gasteiger partial charge in [0.2, 0.25) is 5.75 Å². The number of rotatable bonds is 1. The van der Waals surface area contributed by atoms with E-state index in [1.54, 1.807) is 0 Å². The molecule has 84 valence electrons. The van der Waals surface area contributed by atoms with Gasteiger partial charge < -0.3 is 10.5 Å². The summed E-state index contributed by atoms with van der Waals surface area (Å²) in [5.41, 5.74) is 4.38. The van der Waals surface area contributed by atoms with Crippen LogP contribution in [0, 0.1) is 11.6 Å². The number of halogens is 6. The van der Waals surface area contributed by atoms with Crippen molar-refractivity contribution in [2.24, 2.45) is 0 Å². The summed E-state index contributed by atoms with van der Waals surface area (Å²) < 4.78 is 64.0. The van der Waals surface area contributed by atoms with Gasteiger partial charge in [0, 0.05) is 4.47 Å². The second-order valence-electron chi connectivity index (χ2n) is 2.44. The maximum Gasteiger partial charge on any atom is 0.573 e. The van der Waals surface area contributed by atoms with Crippen molar-refractivity contribution >= 4 is 21.6 Å². The predicted molar refractivity (Wildman–Crippen MR) is 45.2 cm³/mol. The fraction of sp³-hybridized carbons (Fsp3) is 0.143. The first kappa shape index (κ1) is 12.0. The standard InChI is InChI=1S/C7H3BrF5NO/c8-2-1-3(9)6(4(10)5(2)14)15-7(11,12)13/h1H,14H2. The molecular formula is C7H3BrF5NO. The number of benzene rings is 1. The van der Waals surface area contributed by atoms with E-state index in [1.807, 2.05) is 0 Å². The Morgan fingerprint density at radius 1 is 1.27 bits per heavy atom. The van der Waals surface area contributed by atoms with Crippen molar-refractivity contribution in [2.75, 3.05) is 5.73 Å². The van der Waals surface area contributed by atoms with E-state index in [1.165, 1.54) is 0 Å². The molecule has 0 aromatic heterocycles. The highest BCUT2D eigenvalue weighted by Gasteiger charge is 2.34. The van der Waals surface area contributed by atoms with Crippen molar-refractivity contribution in [3.63, 3.8) is 0 Å². The van der Waals surface area contributed by atoms with Crippen LogP contribution in [0.5, 0.6) is 5.75 Å². The number of anilines is 1. The third-order valence-corrected chi connectivity index (χ3v) is 2.04. The molecular weight excluding hydrogens is 289 g/mol. The molecule has 0 fully saturated rings. The maximum absolute atomic E-state index is 13.0. The molecule has 1 rings (SSSR count). The van der Waals surface area contributed by atoms with Crippen LogP contribution in [0.1, 0.15) is 0 Å². The molecule has 0 saturated carbocycles. The molecule has 2 nitrogen and oxygen atoms in total. The third kappa shape index (κ3) is 2.71. The van der Waals surface area contributed by atoms with Crippen LogP contribution in [0.2, 0.25) is 0 Å². The van der Waals surface area contributed by atoms with Crippen molar-refractivity contribution in [3.8, 4) is 5.75 Å². The summed E-state index contributed by atoms with van der Waals surface area (Å²) in [6.45, 7) is 0. The molecule has 0 bridgehead atoms. The molecule has 0 aliphatic carbocycles. The zero-order chi connectivity index (χ0) is 11.8. The quantitative estimate of drug-likeness (QED) is 0.637. The van der Waals surface area contributed by atoms with Crippen molar-refractivity contribution in [1.82, 2.24) is 0 Å². The molecule has 0 saturated heterocycles. The van der Waals surface area contributed by atoms with Crippen LogP contribution in [-0.2, 0) is 0 Å². The molecule has 0 amide bonds. The SMILES string of the molecule is Nc1c(Br)cc(F)c(OC(F)(F)F)c1F. The minimum absolute atomic E-state index is 0.188. The molecule has 0 atom stereocenters. The molecule has 0 aliphatic rings. The van der Waals surface area contributed by atoms with Gasteiger partial charge in [-0.2, -0.15) is 0 Å². The fourth-order valence-corrected chi connectivity index (χ4v) is 1.17. The minimum Gasteiger partial charge on any atom is -0.399 e. The van der Waals surface area contributed by atoms with Crippen LogP contribution in [0.3, 0.4) is 0 Å². The van der Waals surface area contributed by atoms with Gasteiger partial charge >= 0.3 is 6.36 Å². The first-order valence-electron chi connectivity index (χ1n) is 3.41. The van der Waals surface area contributed by atoms with Gasteiger partial charge in [0.15, 0.2) is 11.6 Å². The molecule has 0 aliphatic heterocycles. The van der Waals surface area contributed by atoms with E-state index in [0.29, 0.717) is 6.07 Å². The van der Waals surface area contributed by atoms with Crippen molar-refractivity contribution in [1.29, 1.82) is 0 Å². The summed E-state index contributed by atoms with van der Waals surface area (Å²) in [4.78, 5) is 0. The second kappa shape index (κ2) is 3.84. The minimum atomic E-state index is -5.18. The topological polar surface area (TPSA) is 35.2 Å². The lowest BCUT2D eigenvalue weighted by atomic mass is 10.3. The Morgan fingerprint density at radius 2 is 1.80 bits per heavy atom. The van der Waals surface area contributed by atoms with Crippen LogP contribution in [0.15, 0.2) is 10.5 Å². The van der Waals surface area contributed by atoms with Crippen LogP contribution in [-0.4, -0.2) is 6.36 Å². The van der Waals surface area contributed by atoms with Crippen LogP contribution >= 0.6 is 15.9 Å². The average Bonchev–Trinajstić information content (AvgIpc) is 2.07. The van der Waals surface area contributed by atoms with E-state index in [-0.39, 0.29) is 4.47 Å². The zero-order valence-electron chi connectivity index (χ0n) is 6.83. The lowest BCUT2D eigenvalue weighted by molar-refractivity contribution is -0.276. The van der Waals surface area contributed by atoms with Gasteiger partial charge in [-0.25, -0.2) is 8.78 Å². The monoisotopic (exact) mass is 291 g/mol. The molecule has 0 spiro atoms. The average molecular weight is 292 g/mol. The molecule has 0 radical (unpaired) electrons. The Labute approximate surface area is 88.9 Å². The van der Waals surface area contributed by atoms with Gasteiger partial charge in [-0.15, -0.1) is 13.2 Å². The Morgan fingerprint density at radius 3 is 2.27 bits per heavy atom. The van der Waals surface area contributed by atoms with Crippen LogP contribution in [0.25, 0.3) is 0 Å². The lowest BCUT2D eigenvalue weighted by Crippen LogP contribution is -2.19. The molecule has 8 heteroatoms. The smallest absolute Gasteiger partial charge is 0.399 e. The fourth-order valence-electron chi connectivity index (χ4n) is 0.796. The van der Waals surface area contributed by atoms with Gasteiger partial charge in [0.1, 0.15) is 0 Å². The van der Waals surface area contributed by atoms with Crippen molar-refractivity contribution in [2.45, 2.75) is 6.36 Å². The molecule has 1 aromatic carbocycles. The van der Waals surface area contributed by atoms with E-state index in [2.05, 4.69) is 20.7 Å². The van der Waals surface area contributed by atoms with Gasteiger partial charge in [-0.3, -0.25) is 0 Å². The van der Waals surface area contributed by atoms with Crippen LogP contribution in [0.4, 0.5) is 27.6 Å². The first-order valence-corrected chi connectivity index (χ1v) is 4.20. The summed E-state index contributed by atoms with van der Waals surface area (Å²) in [7, 11) is 0. The predicted octanol–water partition coefficient (Wildman–Crippen LogP) is 3.21. The highest BCUT2D eigenvalue weighted by atomic mass is 79.9. The molecule has 0 unspecified atom stereocenters. The molecule has 2 N–H and O–H groups in total. The highest BCUT2D eigenvalue weighted by Crippen LogP contribution is 2.35. The summed E-state index contributed by atoms with van der Waals surface area (Å²) in [6, 6.07) is 0.583. The molecule has 15 heavy (non-hydrogen) atoms. The number of nitrogen functional groups attached to an aromatic ring is 1. The van der Waals surface area contributed by atoms with Gasteiger partial charge in [0.25, 0.3) is 0 Å². The van der Waals surface area contributed by atoms with E-state index >= 15 is 0 Å². The van der Waals surface area contributed by atoms with E-state index in [4.69, 9.17) is 5.73 Å². The number of hydrogen-bond donors (Lipinski definition) is 1. The van der Waals surface area contributed by atoms with Crippen molar-refractivity contribution < 1.29 is 26.7 Å². The molecule has 1 aromatic rings. The molecule has 0 heterocycles. The lowest BCUT2D eigenvalue weighted by Gasteiger charge is -2.12. The summed E-state index contributed by atoms with van der Waals surface area (Å²) in [6.07, 6.45) is -5.18. The largest absolute Gasteiger partial charge is 0.573 e. The number of ether oxygens (including phenoxy) is 1. The Balaban J connectivity index is 3.24. The van der Waals surface area contributed by atoms with Gasteiger partial charge in [-0.05, 0) is 22.0 Å². The highest BCUT2D eigenvalue weighted by molar-refractivity contribution is 9.10. The number of nitrogens with two attached hydrogens (primary N) is 1. The summed E-state index contributed by atoms with van der Waals surface area (Å²) in [5, 5.41) is 0. The normalized spacial score (nSPS) is 11.6. The number of hydrogen-bond acceptors (Lipinski definition) is 2.